The lowest BCUT2D eigenvalue weighted by molar-refractivity contribution is 0.597. The first-order valence-corrected chi connectivity index (χ1v) is 7.72. The van der Waals surface area contributed by atoms with Crippen LogP contribution in [0.3, 0.4) is 0 Å². The predicted octanol–water partition coefficient (Wildman–Crippen LogP) is 3.78. The molecule has 0 radical (unpaired) electrons. The molecule has 3 nitrogen and oxygen atoms in total. The van der Waals surface area contributed by atoms with Crippen LogP contribution in [-0.2, 0) is 6.54 Å². The topological polar surface area (TPSA) is 28.2 Å². The highest BCUT2D eigenvalue weighted by Crippen LogP contribution is 2.19. The maximum atomic E-state index is 4.55. The number of rotatable bonds is 7. The van der Waals surface area contributed by atoms with Crippen LogP contribution in [0.5, 0.6) is 0 Å². The van der Waals surface area contributed by atoms with Crippen molar-refractivity contribution in [3.05, 3.63) is 59.8 Å². The highest BCUT2D eigenvalue weighted by Gasteiger charge is 2.10. The van der Waals surface area contributed by atoms with Crippen molar-refractivity contribution in [1.29, 1.82) is 0 Å². The summed E-state index contributed by atoms with van der Waals surface area (Å²) >= 11 is 0. The molecule has 1 heterocycles. The summed E-state index contributed by atoms with van der Waals surface area (Å²) in [6.45, 7) is 9.30. The molecule has 0 aliphatic rings. The standard InChI is InChI=1S/C18H25N3/c1-4-19-15(3)17-11-12-20-18(13-17)21(5-2)14-16-9-7-6-8-10-16/h6-13,15,19H,4-5,14H2,1-3H3. The second kappa shape index (κ2) is 7.79. The summed E-state index contributed by atoms with van der Waals surface area (Å²) in [6, 6.07) is 15.2. The van der Waals surface area contributed by atoms with Crippen molar-refractivity contribution in [2.45, 2.75) is 33.4 Å². The van der Waals surface area contributed by atoms with E-state index in [9.17, 15) is 0 Å². The molecule has 2 aromatic rings. The summed E-state index contributed by atoms with van der Waals surface area (Å²) in [4.78, 5) is 6.85. The average molecular weight is 283 g/mol. The molecule has 0 amide bonds. The van der Waals surface area contributed by atoms with Crippen LogP contribution < -0.4 is 10.2 Å². The first kappa shape index (κ1) is 15.5. The lowest BCUT2D eigenvalue weighted by Crippen LogP contribution is -2.24. The van der Waals surface area contributed by atoms with E-state index in [0.29, 0.717) is 6.04 Å². The van der Waals surface area contributed by atoms with Gasteiger partial charge in [-0.15, -0.1) is 0 Å². The maximum Gasteiger partial charge on any atom is 0.129 e. The Balaban J connectivity index is 2.16. The molecule has 0 aliphatic carbocycles. The first-order chi connectivity index (χ1) is 10.2. The number of pyridine rings is 1. The Morgan fingerprint density at radius 3 is 2.57 bits per heavy atom. The maximum absolute atomic E-state index is 4.55. The van der Waals surface area contributed by atoms with Gasteiger partial charge in [-0.05, 0) is 43.7 Å². The van der Waals surface area contributed by atoms with E-state index in [1.807, 2.05) is 6.20 Å². The number of hydrogen-bond donors (Lipinski definition) is 1. The molecule has 0 saturated heterocycles. The predicted molar refractivity (Wildman–Crippen MR) is 89.5 cm³/mol. The van der Waals surface area contributed by atoms with Crippen molar-refractivity contribution in [1.82, 2.24) is 10.3 Å². The van der Waals surface area contributed by atoms with Gasteiger partial charge in [-0.25, -0.2) is 4.98 Å². The molecule has 1 aromatic heterocycles. The Labute approximate surface area is 128 Å². The summed E-state index contributed by atoms with van der Waals surface area (Å²) in [5, 5.41) is 3.45. The van der Waals surface area contributed by atoms with Crippen LogP contribution >= 0.6 is 0 Å². The molecule has 0 fully saturated rings. The van der Waals surface area contributed by atoms with E-state index in [2.05, 4.69) is 78.4 Å². The largest absolute Gasteiger partial charge is 0.353 e. The van der Waals surface area contributed by atoms with E-state index >= 15 is 0 Å². The third-order valence-corrected chi connectivity index (χ3v) is 3.70. The van der Waals surface area contributed by atoms with Crippen molar-refractivity contribution in [3.8, 4) is 0 Å². The van der Waals surface area contributed by atoms with Gasteiger partial charge in [0, 0.05) is 25.3 Å². The molecule has 1 N–H and O–H groups in total. The quantitative estimate of drug-likeness (QED) is 0.838. The fourth-order valence-corrected chi connectivity index (χ4v) is 2.46. The van der Waals surface area contributed by atoms with Crippen LogP contribution in [0.15, 0.2) is 48.7 Å². The third kappa shape index (κ3) is 4.30. The third-order valence-electron chi connectivity index (χ3n) is 3.70. The zero-order valence-electron chi connectivity index (χ0n) is 13.2. The highest BCUT2D eigenvalue weighted by molar-refractivity contribution is 5.42. The van der Waals surface area contributed by atoms with E-state index in [1.54, 1.807) is 0 Å². The molecule has 112 valence electrons. The second-order valence-electron chi connectivity index (χ2n) is 5.23. The van der Waals surface area contributed by atoms with Gasteiger partial charge >= 0.3 is 0 Å². The summed E-state index contributed by atoms with van der Waals surface area (Å²) in [6.07, 6.45) is 1.91. The van der Waals surface area contributed by atoms with E-state index in [0.717, 1.165) is 25.5 Å². The van der Waals surface area contributed by atoms with E-state index in [4.69, 9.17) is 0 Å². The van der Waals surface area contributed by atoms with Gasteiger partial charge in [-0.2, -0.15) is 0 Å². The molecule has 2 rings (SSSR count). The van der Waals surface area contributed by atoms with Gasteiger partial charge in [0.1, 0.15) is 5.82 Å². The van der Waals surface area contributed by atoms with Gasteiger partial charge in [0.2, 0.25) is 0 Å². The van der Waals surface area contributed by atoms with E-state index in [1.165, 1.54) is 11.1 Å². The molecule has 1 aromatic carbocycles. The molecule has 0 aliphatic heterocycles. The Morgan fingerprint density at radius 1 is 1.14 bits per heavy atom. The summed E-state index contributed by atoms with van der Waals surface area (Å²) < 4.78 is 0. The molecule has 21 heavy (non-hydrogen) atoms. The van der Waals surface area contributed by atoms with E-state index < -0.39 is 0 Å². The smallest absolute Gasteiger partial charge is 0.129 e. The molecule has 3 heteroatoms. The first-order valence-electron chi connectivity index (χ1n) is 7.72. The molecule has 1 atom stereocenters. The fourth-order valence-electron chi connectivity index (χ4n) is 2.46. The van der Waals surface area contributed by atoms with E-state index in [-0.39, 0.29) is 0 Å². The van der Waals surface area contributed by atoms with Crippen molar-refractivity contribution < 1.29 is 0 Å². The van der Waals surface area contributed by atoms with Crippen molar-refractivity contribution in [2.24, 2.45) is 0 Å². The van der Waals surface area contributed by atoms with Crippen molar-refractivity contribution in [2.75, 3.05) is 18.0 Å². The molecular formula is C18H25N3. The molecule has 1 unspecified atom stereocenters. The fraction of sp³-hybridized carbons (Fsp3) is 0.389. The summed E-state index contributed by atoms with van der Waals surface area (Å²) in [5.41, 5.74) is 2.60. The average Bonchev–Trinajstić information content (AvgIpc) is 2.54. The van der Waals surface area contributed by atoms with Gasteiger partial charge in [0.25, 0.3) is 0 Å². The molecule has 0 spiro atoms. The number of nitrogens with one attached hydrogen (secondary N) is 1. The minimum atomic E-state index is 0.354. The lowest BCUT2D eigenvalue weighted by atomic mass is 10.1. The van der Waals surface area contributed by atoms with Crippen molar-refractivity contribution >= 4 is 5.82 Å². The number of benzene rings is 1. The normalized spacial score (nSPS) is 12.1. The Bertz CT molecular complexity index is 539. The zero-order chi connectivity index (χ0) is 15.1. The minimum Gasteiger partial charge on any atom is -0.353 e. The minimum absolute atomic E-state index is 0.354. The van der Waals surface area contributed by atoms with Gasteiger partial charge in [0.15, 0.2) is 0 Å². The summed E-state index contributed by atoms with van der Waals surface area (Å²) in [7, 11) is 0. The second-order valence-corrected chi connectivity index (χ2v) is 5.23. The Kier molecular flexibility index (Phi) is 5.76. The number of anilines is 1. The lowest BCUT2D eigenvalue weighted by Gasteiger charge is -2.23. The Morgan fingerprint density at radius 2 is 1.90 bits per heavy atom. The van der Waals surface area contributed by atoms with Gasteiger partial charge in [0.05, 0.1) is 0 Å². The Hall–Kier alpha value is -1.87. The SMILES string of the molecule is CCNC(C)c1ccnc(N(CC)Cc2ccccc2)c1. The monoisotopic (exact) mass is 283 g/mol. The summed E-state index contributed by atoms with van der Waals surface area (Å²) in [5.74, 6) is 1.05. The van der Waals surface area contributed by atoms with Crippen LogP contribution in [0, 0.1) is 0 Å². The van der Waals surface area contributed by atoms with Crippen LogP contribution in [0.1, 0.15) is 37.9 Å². The van der Waals surface area contributed by atoms with Gasteiger partial charge < -0.3 is 10.2 Å². The van der Waals surface area contributed by atoms with Crippen LogP contribution in [0.4, 0.5) is 5.82 Å². The number of nitrogens with zero attached hydrogens (tertiary/aromatic N) is 2. The van der Waals surface area contributed by atoms with Crippen LogP contribution in [0.2, 0.25) is 0 Å². The molecular weight excluding hydrogens is 258 g/mol. The van der Waals surface area contributed by atoms with Gasteiger partial charge in [-0.1, -0.05) is 37.3 Å². The number of aromatic nitrogens is 1. The molecule has 0 bridgehead atoms. The zero-order valence-corrected chi connectivity index (χ0v) is 13.2. The van der Waals surface area contributed by atoms with Crippen molar-refractivity contribution in [3.63, 3.8) is 0 Å². The van der Waals surface area contributed by atoms with Crippen LogP contribution in [-0.4, -0.2) is 18.1 Å². The van der Waals surface area contributed by atoms with Crippen LogP contribution in [0.25, 0.3) is 0 Å². The highest BCUT2D eigenvalue weighted by atomic mass is 15.2. The molecule has 0 saturated carbocycles. The number of hydrogen-bond acceptors (Lipinski definition) is 3. The van der Waals surface area contributed by atoms with Gasteiger partial charge in [-0.3, -0.25) is 0 Å².